The highest BCUT2D eigenvalue weighted by molar-refractivity contribution is 6.06. The molecular formula is C18H19N3O3. The highest BCUT2D eigenvalue weighted by atomic mass is 16.2. The Balaban J connectivity index is 2.09. The summed E-state index contributed by atoms with van der Waals surface area (Å²) in [6.07, 6.45) is 3.65. The Morgan fingerprint density at radius 2 is 1.58 bits per heavy atom. The van der Waals surface area contributed by atoms with E-state index in [9.17, 15) is 14.4 Å². The van der Waals surface area contributed by atoms with E-state index in [2.05, 4.69) is 15.6 Å². The molecule has 0 unspecified atom stereocenters. The number of pyridine rings is 1. The molecule has 2 aromatic rings. The Kier molecular flexibility index (Phi) is 5.78. The third-order valence-corrected chi connectivity index (χ3v) is 3.35. The van der Waals surface area contributed by atoms with Crippen LogP contribution >= 0.6 is 0 Å². The first-order valence-electron chi connectivity index (χ1n) is 7.67. The van der Waals surface area contributed by atoms with Crippen LogP contribution in [0.5, 0.6) is 0 Å². The summed E-state index contributed by atoms with van der Waals surface area (Å²) in [7, 11) is 0. The molecular weight excluding hydrogens is 306 g/mol. The molecule has 124 valence electrons. The summed E-state index contributed by atoms with van der Waals surface area (Å²) >= 11 is 0. The Labute approximate surface area is 140 Å². The number of carbonyl (C=O) groups is 3. The number of nitrogens with one attached hydrogen (secondary N) is 2. The fraction of sp³-hybridized carbons (Fsp3) is 0.222. The summed E-state index contributed by atoms with van der Waals surface area (Å²) in [5.74, 6) is -0.670. The average molecular weight is 325 g/mol. The van der Waals surface area contributed by atoms with Gasteiger partial charge in [-0.2, -0.15) is 0 Å². The fourth-order valence-corrected chi connectivity index (χ4v) is 2.02. The number of amides is 2. The highest BCUT2D eigenvalue weighted by Gasteiger charge is 2.11. The Morgan fingerprint density at radius 3 is 2.17 bits per heavy atom. The van der Waals surface area contributed by atoms with Gasteiger partial charge in [-0.05, 0) is 43.7 Å². The van der Waals surface area contributed by atoms with E-state index in [0.29, 0.717) is 23.4 Å². The number of hydrogen-bond acceptors (Lipinski definition) is 4. The van der Waals surface area contributed by atoms with Crippen molar-refractivity contribution in [3.05, 3.63) is 59.4 Å². The van der Waals surface area contributed by atoms with Crippen LogP contribution in [0, 0.1) is 0 Å². The lowest BCUT2D eigenvalue weighted by molar-refractivity contribution is 0.0952. The summed E-state index contributed by atoms with van der Waals surface area (Å²) in [4.78, 5) is 39.4. The van der Waals surface area contributed by atoms with E-state index in [0.717, 1.165) is 6.42 Å². The van der Waals surface area contributed by atoms with Gasteiger partial charge in [-0.3, -0.25) is 19.4 Å². The van der Waals surface area contributed by atoms with Crippen molar-refractivity contribution in [2.75, 3.05) is 11.9 Å². The average Bonchev–Trinajstić information content (AvgIpc) is 2.60. The molecule has 0 bridgehead atoms. The van der Waals surface area contributed by atoms with Crippen LogP contribution in [0.15, 0.2) is 42.7 Å². The molecule has 0 fully saturated rings. The summed E-state index contributed by atoms with van der Waals surface area (Å²) < 4.78 is 0. The Bertz CT molecular complexity index is 754. The fourth-order valence-electron chi connectivity index (χ4n) is 2.02. The summed E-state index contributed by atoms with van der Waals surface area (Å²) in [6, 6.07) is 8.09. The zero-order valence-corrected chi connectivity index (χ0v) is 13.6. The molecule has 0 radical (unpaired) electrons. The number of benzene rings is 1. The molecule has 6 nitrogen and oxygen atoms in total. The lowest BCUT2D eigenvalue weighted by Crippen LogP contribution is -2.24. The molecule has 0 saturated heterocycles. The topological polar surface area (TPSA) is 88.2 Å². The lowest BCUT2D eigenvalue weighted by Gasteiger charge is -2.07. The number of Topliss-reactive ketones (excluding diaryl/α,β-unsaturated/α-hetero) is 1. The van der Waals surface area contributed by atoms with E-state index in [4.69, 9.17) is 0 Å². The van der Waals surface area contributed by atoms with Gasteiger partial charge in [0.2, 0.25) is 0 Å². The number of nitrogens with zero attached hydrogens (tertiary/aromatic N) is 1. The van der Waals surface area contributed by atoms with Crippen LogP contribution in [-0.2, 0) is 0 Å². The molecule has 1 aromatic carbocycles. The standard InChI is InChI=1S/C18H19N3O3/c1-3-8-20-17(23)14-9-15(11-19-10-14)18(24)21-16-6-4-13(5-7-16)12(2)22/h4-7,9-11H,3,8H2,1-2H3,(H,20,23)(H,21,24). The van der Waals surface area contributed by atoms with Gasteiger partial charge in [-0.15, -0.1) is 0 Å². The van der Waals surface area contributed by atoms with Crippen LogP contribution < -0.4 is 10.6 Å². The number of rotatable bonds is 6. The predicted octanol–water partition coefficient (Wildman–Crippen LogP) is 2.68. The van der Waals surface area contributed by atoms with Crippen molar-refractivity contribution >= 4 is 23.3 Å². The van der Waals surface area contributed by atoms with Gasteiger partial charge in [0.15, 0.2) is 5.78 Å². The lowest BCUT2D eigenvalue weighted by atomic mass is 10.1. The molecule has 0 aliphatic heterocycles. The normalized spacial score (nSPS) is 10.1. The van der Waals surface area contributed by atoms with E-state index in [-0.39, 0.29) is 23.2 Å². The number of carbonyl (C=O) groups excluding carboxylic acids is 3. The Hall–Kier alpha value is -3.02. The zero-order valence-electron chi connectivity index (χ0n) is 13.6. The van der Waals surface area contributed by atoms with E-state index in [1.54, 1.807) is 24.3 Å². The number of anilines is 1. The Morgan fingerprint density at radius 1 is 0.958 bits per heavy atom. The molecule has 1 aromatic heterocycles. The molecule has 0 aliphatic rings. The zero-order chi connectivity index (χ0) is 17.5. The summed E-state index contributed by atoms with van der Waals surface area (Å²) in [5.41, 5.74) is 1.76. The van der Waals surface area contributed by atoms with Crippen molar-refractivity contribution in [3.8, 4) is 0 Å². The maximum atomic E-state index is 12.3. The maximum Gasteiger partial charge on any atom is 0.257 e. The van der Waals surface area contributed by atoms with Crippen molar-refractivity contribution in [3.63, 3.8) is 0 Å². The van der Waals surface area contributed by atoms with E-state index in [1.807, 2.05) is 6.92 Å². The van der Waals surface area contributed by atoms with Gasteiger partial charge in [0.05, 0.1) is 11.1 Å². The summed E-state index contributed by atoms with van der Waals surface area (Å²) in [5, 5.41) is 5.45. The monoisotopic (exact) mass is 325 g/mol. The minimum absolute atomic E-state index is 0.0390. The highest BCUT2D eigenvalue weighted by Crippen LogP contribution is 2.12. The second-order valence-corrected chi connectivity index (χ2v) is 5.31. The van der Waals surface area contributed by atoms with E-state index < -0.39 is 0 Å². The van der Waals surface area contributed by atoms with Crippen molar-refractivity contribution in [2.45, 2.75) is 20.3 Å². The minimum atomic E-state index is -0.372. The molecule has 6 heteroatoms. The largest absolute Gasteiger partial charge is 0.352 e. The summed E-state index contributed by atoms with van der Waals surface area (Å²) in [6.45, 7) is 4.01. The molecule has 0 saturated carbocycles. The number of hydrogen-bond donors (Lipinski definition) is 2. The predicted molar refractivity (Wildman–Crippen MR) is 91.3 cm³/mol. The SMILES string of the molecule is CCCNC(=O)c1cncc(C(=O)Nc2ccc(C(C)=O)cc2)c1. The van der Waals surface area contributed by atoms with Crippen molar-refractivity contribution in [1.82, 2.24) is 10.3 Å². The van der Waals surface area contributed by atoms with Crippen LogP contribution in [-0.4, -0.2) is 29.1 Å². The molecule has 2 rings (SSSR count). The van der Waals surface area contributed by atoms with E-state index >= 15 is 0 Å². The third-order valence-electron chi connectivity index (χ3n) is 3.35. The first kappa shape index (κ1) is 17.3. The van der Waals surface area contributed by atoms with Crippen molar-refractivity contribution in [1.29, 1.82) is 0 Å². The molecule has 0 aliphatic carbocycles. The van der Waals surface area contributed by atoms with Gasteiger partial charge in [-0.25, -0.2) is 0 Å². The molecule has 2 N–H and O–H groups in total. The van der Waals surface area contributed by atoms with E-state index in [1.165, 1.54) is 25.4 Å². The molecule has 2 amide bonds. The van der Waals surface area contributed by atoms with Gasteiger partial charge < -0.3 is 10.6 Å². The second kappa shape index (κ2) is 8.01. The quantitative estimate of drug-likeness (QED) is 0.799. The van der Waals surface area contributed by atoms with Gasteiger partial charge >= 0.3 is 0 Å². The first-order chi connectivity index (χ1) is 11.5. The molecule has 1 heterocycles. The molecule has 24 heavy (non-hydrogen) atoms. The molecule has 0 spiro atoms. The number of aromatic nitrogens is 1. The molecule has 0 atom stereocenters. The van der Waals surface area contributed by atoms with Gasteiger partial charge in [0.25, 0.3) is 11.8 Å². The second-order valence-electron chi connectivity index (χ2n) is 5.31. The van der Waals surface area contributed by atoms with Gasteiger partial charge in [-0.1, -0.05) is 6.92 Å². The van der Waals surface area contributed by atoms with Crippen LogP contribution in [0.1, 0.15) is 51.3 Å². The van der Waals surface area contributed by atoms with Crippen LogP contribution in [0.25, 0.3) is 0 Å². The third kappa shape index (κ3) is 4.49. The first-order valence-corrected chi connectivity index (χ1v) is 7.67. The van der Waals surface area contributed by atoms with Crippen LogP contribution in [0.3, 0.4) is 0 Å². The van der Waals surface area contributed by atoms with Crippen molar-refractivity contribution in [2.24, 2.45) is 0 Å². The smallest absolute Gasteiger partial charge is 0.257 e. The number of ketones is 1. The maximum absolute atomic E-state index is 12.3. The van der Waals surface area contributed by atoms with Gasteiger partial charge in [0.1, 0.15) is 0 Å². The van der Waals surface area contributed by atoms with Crippen LogP contribution in [0.4, 0.5) is 5.69 Å². The van der Waals surface area contributed by atoms with Crippen molar-refractivity contribution < 1.29 is 14.4 Å². The minimum Gasteiger partial charge on any atom is -0.352 e. The van der Waals surface area contributed by atoms with Crippen LogP contribution in [0.2, 0.25) is 0 Å². The van der Waals surface area contributed by atoms with Gasteiger partial charge in [0, 0.05) is 30.2 Å².